The molecular formula is C19H26F3N3O2. The van der Waals surface area contributed by atoms with Gasteiger partial charge in [-0.3, -0.25) is 9.59 Å². The summed E-state index contributed by atoms with van der Waals surface area (Å²) in [4.78, 5) is 28.4. The highest BCUT2D eigenvalue weighted by atomic mass is 19.4. The van der Waals surface area contributed by atoms with Crippen LogP contribution in [0.2, 0.25) is 0 Å². The highest BCUT2D eigenvalue weighted by Crippen LogP contribution is 2.29. The molecular weight excluding hydrogens is 359 g/mol. The highest BCUT2D eigenvalue weighted by molar-refractivity contribution is 5.94. The fourth-order valence-electron chi connectivity index (χ4n) is 3.00. The smallest absolute Gasteiger partial charge is 0.340 e. The lowest BCUT2D eigenvalue weighted by atomic mass is 10.1. The van der Waals surface area contributed by atoms with Crippen molar-refractivity contribution in [3.8, 4) is 0 Å². The summed E-state index contributed by atoms with van der Waals surface area (Å²) in [7, 11) is 0. The summed E-state index contributed by atoms with van der Waals surface area (Å²) in [6.07, 6.45) is -4.23. The van der Waals surface area contributed by atoms with Crippen molar-refractivity contribution in [2.45, 2.75) is 26.4 Å². The maximum absolute atomic E-state index is 12.7. The van der Waals surface area contributed by atoms with Crippen molar-refractivity contribution in [2.24, 2.45) is 5.92 Å². The molecule has 1 fully saturated rings. The molecule has 1 aromatic rings. The van der Waals surface area contributed by atoms with E-state index in [4.69, 9.17) is 0 Å². The monoisotopic (exact) mass is 385 g/mol. The van der Waals surface area contributed by atoms with E-state index in [0.29, 0.717) is 19.6 Å². The molecule has 0 spiro atoms. The summed E-state index contributed by atoms with van der Waals surface area (Å²) in [6.45, 7) is 7.40. The van der Waals surface area contributed by atoms with Crippen LogP contribution >= 0.6 is 0 Å². The van der Waals surface area contributed by atoms with Crippen molar-refractivity contribution < 1.29 is 22.8 Å². The van der Waals surface area contributed by atoms with Crippen LogP contribution in [0.1, 0.15) is 36.2 Å². The fraction of sp³-hybridized carbons (Fsp3) is 0.579. The topological polar surface area (TPSA) is 52.7 Å². The Kier molecular flexibility index (Phi) is 7.24. The van der Waals surface area contributed by atoms with Gasteiger partial charge in [0.25, 0.3) is 5.91 Å². The van der Waals surface area contributed by atoms with Gasteiger partial charge in [-0.2, -0.15) is 13.2 Å². The number of benzene rings is 1. The second kappa shape index (κ2) is 9.21. The average Bonchev–Trinajstić information content (AvgIpc) is 2.64. The molecule has 0 aromatic heterocycles. The van der Waals surface area contributed by atoms with E-state index in [1.807, 2.05) is 13.8 Å². The van der Waals surface area contributed by atoms with Crippen LogP contribution in [-0.4, -0.2) is 60.9 Å². The molecule has 2 amide bonds. The minimum Gasteiger partial charge on any atom is -0.340 e. The van der Waals surface area contributed by atoms with Crippen LogP contribution < -0.4 is 5.32 Å². The van der Waals surface area contributed by atoms with Crippen LogP contribution in [0, 0.1) is 5.92 Å². The van der Waals surface area contributed by atoms with Crippen molar-refractivity contribution in [1.29, 1.82) is 0 Å². The molecule has 0 radical (unpaired) electrons. The van der Waals surface area contributed by atoms with E-state index in [-0.39, 0.29) is 36.3 Å². The van der Waals surface area contributed by atoms with Crippen molar-refractivity contribution in [3.63, 3.8) is 0 Å². The largest absolute Gasteiger partial charge is 0.416 e. The minimum atomic E-state index is -4.44. The molecule has 150 valence electrons. The van der Waals surface area contributed by atoms with E-state index >= 15 is 0 Å². The van der Waals surface area contributed by atoms with Crippen LogP contribution in [-0.2, 0) is 11.0 Å². The molecule has 1 saturated heterocycles. The molecule has 1 aliphatic rings. The van der Waals surface area contributed by atoms with Crippen LogP contribution in [0.3, 0.4) is 0 Å². The summed E-state index contributed by atoms with van der Waals surface area (Å²) in [6, 6.07) is 4.20. The Bertz CT molecular complexity index is 639. The number of carbonyl (C=O) groups excluding carboxylic acids is 2. The van der Waals surface area contributed by atoms with Gasteiger partial charge in [-0.25, -0.2) is 0 Å². The molecule has 1 heterocycles. The molecule has 8 heteroatoms. The third-order valence-electron chi connectivity index (χ3n) is 4.40. The summed E-state index contributed by atoms with van der Waals surface area (Å²) >= 11 is 0. The van der Waals surface area contributed by atoms with E-state index in [9.17, 15) is 22.8 Å². The molecule has 1 N–H and O–H groups in total. The predicted molar refractivity (Wildman–Crippen MR) is 96.3 cm³/mol. The van der Waals surface area contributed by atoms with Crippen molar-refractivity contribution in [2.75, 3.05) is 39.3 Å². The number of hydrogen-bond donors (Lipinski definition) is 1. The quantitative estimate of drug-likeness (QED) is 0.819. The Hall–Kier alpha value is -2.09. The van der Waals surface area contributed by atoms with Gasteiger partial charge in [0.15, 0.2) is 0 Å². The van der Waals surface area contributed by atoms with Crippen LogP contribution in [0.15, 0.2) is 24.3 Å². The summed E-state index contributed by atoms with van der Waals surface area (Å²) in [5.74, 6) is -0.186. The normalized spacial score (nSPS) is 15.1. The number of nitrogens with zero attached hydrogens (tertiary/aromatic N) is 2. The Morgan fingerprint density at radius 3 is 2.26 bits per heavy atom. The maximum atomic E-state index is 12.7. The second-order valence-corrected chi connectivity index (χ2v) is 7.10. The van der Waals surface area contributed by atoms with Crippen molar-refractivity contribution in [1.82, 2.24) is 15.1 Å². The number of piperazine rings is 1. The lowest BCUT2D eigenvalue weighted by molar-refractivity contribution is -0.137. The zero-order valence-electron chi connectivity index (χ0n) is 15.7. The summed E-state index contributed by atoms with van der Waals surface area (Å²) in [5.41, 5.74) is -0.596. The highest BCUT2D eigenvalue weighted by Gasteiger charge is 2.30. The van der Waals surface area contributed by atoms with Gasteiger partial charge in [0, 0.05) is 51.3 Å². The van der Waals surface area contributed by atoms with Crippen LogP contribution in [0.4, 0.5) is 13.2 Å². The third-order valence-corrected chi connectivity index (χ3v) is 4.40. The van der Waals surface area contributed by atoms with Gasteiger partial charge < -0.3 is 15.1 Å². The molecule has 5 nitrogen and oxygen atoms in total. The third kappa shape index (κ3) is 6.23. The zero-order chi connectivity index (χ0) is 20.0. The van der Waals surface area contributed by atoms with E-state index in [2.05, 4.69) is 5.32 Å². The first-order valence-corrected chi connectivity index (χ1v) is 9.13. The van der Waals surface area contributed by atoms with E-state index in [0.717, 1.165) is 25.2 Å². The number of rotatable bonds is 6. The Balaban J connectivity index is 2.03. The summed E-state index contributed by atoms with van der Waals surface area (Å²) in [5, 5.41) is 3.18. The fourth-order valence-corrected chi connectivity index (χ4v) is 3.00. The molecule has 1 aromatic carbocycles. The summed E-state index contributed by atoms with van der Waals surface area (Å²) < 4.78 is 38.1. The Morgan fingerprint density at radius 1 is 1.15 bits per heavy atom. The number of alkyl halides is 3. The van der Waals surface area contributed by atoms with E-state index in [1.165, 1.54) is 12.1 Å². The number of carbonyl (C=O) groups is 2. The number of nitrogens with one attached hydrogen (secondary N) is 1. The molecule has 0 bridgehead atoms. The molecule has 0 atom stereocenters. The predicted octanol–water partition coefficient (Wildman–Crippen LogP) is 2.63. The van der Waals surface area contributed by atoms with Gasteiger partial charge in [0.1, 0.15) is 0 Å². The van der Waals surface area contributed by atoms with Gasteiger partial charge in [-0.15, -0.1) is 0 Å². The standard InChI is InChI=1S/C19H26F3N3O2/c1-14(2)13-25(10-7-17(26)24-11-8-23-9-12-24)18(27)15-3-5-16(6-4-15)19(20,21)22/h3-6,14,23H,7-13H2,1-2H3. The molecule has 1 aliphatic heterocycles. The van der Waals surface area contributed by atoms with Crippen molar-refractivity contribution >= 4 is 11.8 Å². The molecule has 2 rings (SSSR count). The van der Waals surface area contributed by atoms with Gasteiger partial charge in [0.2, 0.25) is 5.91 Å². The van der Waals surface area contributed by atoms with Crippen LogP contribution in [0.5, 0.6) is 0 Å². The molecule has 27 heavy (non-hydrogen) atoms. The first kappa shape index (κ1) is 21.2. The number of halogens is 3. The van der Waals surface area contributed by atoms with E-state index < -0.39 is 11.7 Å². The molecule has 0 aliphatic carbocycles. The first-order chi connectivity index (χ1) is 12.7. The van der Waals surface area contributed by atoms with Crippen LogP contribution in [0.25, 0.3) is 0 Å². The lowest BCUT2D eigenvalue weighted by Crippen LogP contribution is -2.47. The average molecular weight is 385 g/mol. The second-order valence-electron chi connectivity index (χ2n) is 7.10. The van der Waals surface area contributed by atoms with Gasteiger partial charge in [0.05, 0.1) is 5.56 Å². The van der Waals surface area contributed by atoms with Crippen molar-refractivity contribution in [3.05, 3.63) is 35.4 Å². The SMILES string of the molecule is CC(C)CN(CCC(=O)N1CCNCC1)C(=O)c1ccc(C(F)(F)F)cc1. The number of amides is 2. The lowest BCUT2D eigenvalue weighted by Gasteiger charge is -2.29. The first-order valence-electron chi connectivity index (χ1n) is 9.13. The van der Waals surface area contributed by atoms with E-state index in [1.54, 1.807) is 9.80 Å². The Labute approximate surface area is 157 Å². The molecule has 0 unspecified atom stereocenters. The maximum Gasteiger partial charge on any atom is 0.416 e. The zero-order valence-corrected chi connectivity index (χ0v) is 15.7. The number of hydrogen-bond acceptors (Lipinski definition) is 3. The minimum absolute atomic E-state index is 0.00882. The van der Waals surface area contributed by atoms with Gasteiger partial charge in [-0.1, -0.05) is 13.8 Å². The molecule has 0 saturated carbocycles. The van der Waals surface area contributed by atoms with Gasteiger partial charge in [-0.05, 0) is 30.2 Å². The Morgan fingerprint density at radius 2 is 1.74 bits per heavy atom. The van der Waals surface area contributed by atoms with Gasteiger partial charge >= 0.3 is 6.18 Å².